The SMILES string of the molecule is Cc1cc(CONCCc2ccn3c(-c4cccc(NC(=O)NCC(F)(F)F)c4)cnc3c2)n(C)n1. The quantitative estimate of drug-likeness (QED) is 0.238. The molecule has 0 aliphatic heterocycles. The summed E-state index contributed by atoms with van der Waals surface area (Å²) in [5.41, 5.74) is 8.61. The first kappa shape index (κ1) is 25.2. The number of nitrogens with one attached hydrogen (secondary N) is 3. The molecule has 3 N–H and O–H groups in total. The summed E-state index contributed by atoms with van der Waals surface area (Å²) < 4.78 is 40.6. The van der Waals surface area contributed by atoms with Crippen LogP contribution in [-0.2, 0) is 24.9 Å². The molecule has 0 atom stereocenters. The normalized spacial score (nSPS) is 11.7. The van der Waals surface area contributed by atoms with Crippen LogP contribution < -0.4 is 16.1 Å². The third kappa shape index (κ3) is 6.61. The molecule has 3 aromatic heterocycles. The maximum absolute atomic E-state index is 12.3. The smallest absolute Gasteiger partial charge is 0.329 e. The summed E-state index contributed by atoms with van der Waals surface area (Å²) in [5, 5.41) is 8.49. The van der Waals surface area contributed by atoms with Gasteiger partial charge in [-0.2, -0.15) is 18.3 Å². The van der Waals surface area contributed by atoms with Gasteiger partial charge in [0.1, 0.15) is 18.8 Å². The van der Waals surface area contributed by atoms with Gasteiger partial charge >= 0.3 is 12.2 Å². The van der Waals surface area contributed by atoms with Gasteiger partial charge in [0.2, 0.25) is 0 Å². The van der Waals surface area contributed by atoms with E-state index in [1.54, 1.807) is 34.4 Å². The van der Waals surface area contributed by atoms with E-state index in [0.29, 0.717) is 18.8 Å². The van der Waals surface area contributed by atoms with Crippen LogP contribution in [0.3, 0.4) is 0 Å². The number of aryl methyl sites for hydroxylation is 2. The molecule has 36 heavy (non-hydrogen) atoms. The zero-order valence-corrected chi connectivity index (χ0v) is 19.8. The van der Waals surface area contributed by atoms with Crippen LogP contribution in [0.5, 0.6) is 0 Å². The first-order valence-corrected chi connectivity index (χ1v) is 11.2. The lowest BCUT2D eigenvalue weighted by Crippen LogP contribution is -2.36. The van der Waals surface area contributed by atoms with Crippen molar-refractivity contribution >= 4 is 17.4 Å². The van der Waals surface area contributed by atoms with Crippen molar-refractivity contribution < 1.29 is 22.8 Å². The van der Waals surface area contributed by atoms with Gasteiger partial charge in [-0.1, -0.05) is 12.1 Å². The van der Waals surface area contributed by atoms with Crippen molar-refractivity contribution in [1.29, 1.82) is 0 Å². The topological polar surface area (TPSA) is 97.5 Å². The van der Waals surface area contributed by atoms with Gasteiger partial charge in [-0.05, 0) is 49.2 Å². The molecule has 3 heterocycles. The number of urea groups is 1. The van der Waals surface area contributed by atoms with Gasteiger partial charge in [0.15, 0.2) is 0 Å². The molecular formula is C24H26F3N7O2. The average Bonchev–Trinajstić information content (AvgIpc) is 3.39. The Morgan fingerprint density at radius 2 is 2.00 bits per heavy atom. The highest BCUT2D eigenvalue weighted by molar-refractivity contribution is 5.90. The Balaban J connectivity index is 1.34. The molecule has 1 aromatic carbocycles. The number of benzene rings is 1. The van der Waals surface area contributed by atoms with Crippen molar-refractivity contribution in [2.24, 2.45) is 7.05 Å². The summed E-state index contributed by atoms with van der Waals surface area (Å²) >= 11 is 0. The zero-order chi connectivity index (χ0) is 25.7. The number of amides is 2. The number of fused-ring (bicyclic) bond motifs is 1. The molecule has 0 fully saturated rings. The number of anilines is 1. The summed E-state index contributed by atoms with van der Waals surface area (Å²) in [6, 6.07) is 11.8. The van der Waals surface area contributed by atoms with E-state index >= 15 is 0 Å². The Hall–Kier alpha value is -3.90. The number of rotatable bonds is 9. The second kappa shape index (κ2) is 10.8. The Kier molecular flexibility index (Phi) is 7.55. The van der Waals surface area contributed by atoms with E-state index in [2.05, 4.69) is 20.9 Å². The zero-order valence-electron chi connectivity index (χ0n) is 19.8. The van der Waals surface area contributed by atoms with Crippen molar-refractivity contribution in [3.63, 3.8) is 0 Å². The number of hydrogen-bond donors (Lipinski definition) is 3. The molecule has 12 heteroatoms. The van der Waals surface area contributed by atoms with Crippen LogP contribution in [0.4, 0.5) is 23.7 Å². The van der Waals surface area contributed by atoms with E-state index in [-0.39, 0.29) is 0 Å². The van der Waals surface area contributed by atoms with Crippen LogP contribution in [0, 0.1) is 6.92 Å². The standard InChI is InChI=1S/C24H26F3N7O2/c1-16-10-20(33(2)32-16)14-36-30-8-6-17-7-9-34-21(13-28-22(34)11-17)18-4-3-5-19(12-18)31-23(35)29-15-24(25,26)27/h3-5,7,9-13,30H,6,8,14-15H2,1-2H3,(H2,29,31,35). The van der Waals surface area contributed by atoms with Crippen LogP contribution in [-0.4, -0.2) is 44.5 Å². The minimum Gasteiger partial charge on any atom is -0.329 e. The van der Waals surface area contributed by atoms with E-state index < -0.39 is 18.8 Å². The molecule has 4 rings (SSSR count). The number of carbonyl (C=O) groups is 1. The molecule has 0 saturated heterocycles. The molecule has 9 nitrogen and oxygen atoms in total. The fourth-order valence-electron chi connectivity index (χ4n) is 3.70. The number of alkyl halides is 3. The molecule has 0 unspecified atom stereocenters. The molecule has 0 saturated carbocycles. The number of aromatic nitrogens is 4. The van der Waals surface area contributed by atoms with Gasteiger partial charge in [0, 0.05) is 31.0 Å². The number of nitrogens with zero attached hydrogens (tertiary/aromatic N) is 4. The van der Waals surface area contributed by atoms with Gasteiger partial charge in [-0.15, -0.1) is 0 Å². The summed E-state index contributed by atoms with van der Waals surface area (Å²) in [5.74, 6) is 0. The van der Waals surface area contributed by atoms with E-state index in [1.807, 2.05) is 48.8 Å². The molecule has 0 spiro atoms. The molecule has 190 valence electrons. The average molecular weight is 502 g/mol. The van der Waals surface area contributed by atoms with Crippen molar-refractivity contribution in [2.75, 3.05) is 18.4 Å². The van der Waals surface area contributed by atoms with E-state index in [9.17, 15) is 18.0 Å². The fourth-order valence-corrected chi connectivity index (χ4v) is 3.70. The van der Waals surface area contributed by atoms with Crippen LogP contribution in [0.25, 0.3) is 16.9 Å². The monoisotopic (exact) mass is 501 g/mol. The van der Waals surface area contributed by atoms with Crippen LogP contribution in [0.2, 0.25) is 0 Å². The minimum absolute atomic E-state index is 0.367. The number of halogens is 3. The molecule has 4 aromatic rings. The lowest BCUT2D eigenvalue weighted by atomic mass is 10.1. The van der Waals surface area contributed by atoms with Crippen LogP contribution in [0.15, 0.2) is 54.9 Å². The molecular weight excluding hydrogens is 475 g/mol. The second-order valence-corrected chi connectivity index (χ2v) is 8.24. The highest BCUT2D eigenvalue weighted by Crippen LogP contribution is 2.24. The minimum atomic E-state index is -4.48. The number of carbonyl (C=O) groups excluding carboxylic acids is 1. The fraction of sp³-hybridized carbons (Fsp3) is 0.292. The lowest BCUT2D eigenvalue weighted by Gasteiger charge is -2.11. The van der Waals surface area contributed by atoms with Crippen molar-refractivity contribution in [3.8, 4) is 11.3 Å². The Labute approximate surface area is 205 Å². The van der Waals surface area contributed by atoms with Crippen molar-refractivity contribution in [3.05, 3.63) is 71.8 Å². The summed E-state index contributed by atoms with van der Waals surface area (Å²) in [4.78, 5) is 21.8. The Morgan fingerprint density at radius 1 is 1.17 bits per heavy atom. The third-order valence-electron chi connectivity index (χ3n) is 5.38. The highest BCUT2D eigenvalue weighted by Gasteiger charge is 2.27. The number of hydroxylamine groups is 1. The van der Waals surface area contributed by atoms with Crippen LogP contribution >= 0.6 is 0 Å². The van der Waals surface area contributed by atoms with Gasteiger partial charge in [0.25, 0.3) is 0 Å². The van der Waals surface area contributed by atoms with Gasteiger partial charge in [-0.3, -0.25) is 13.9 Å². The van der Waals surface area contributed by atoms with Gasteiger partial charge < -0.3 is 10.6 Å². The van der Waals surface area contributed by atoms with Crippen molar-refractivity contribution in [1.82, 2.24) is 30.0 Å². The number of pyridine rings is 1. The molecule has 0 bridgehead atoms. The summed E-state index contributed by atoms with van der Waals surface area (Å²) in [7, 11) is 1.88. The first-order valence-electron chi connectivity index (χ1n) is 11.2. The van der Waals surface area contributed by atoms with Gasteiger partial charge in [-0.25, -0.2) is 15.3 Å². The first-order chi connectivity index (χ1) is 17.2. The number of imidazole rings is 1. The van der Waals surface area contributed by atoms with E-state index in [4.69, 9.17) is 4.84 Å². The Bertz CT molecular complexity index is 1350. The second-order valence-electron chi connectivity index (χ2n) is 8.24. The summed E-state index contributed by atoms with van der Waals surface area (Å²) in [6.07, 6.45) is -0.131. The molecule has 2 amide bonds. The third-order valence-corrected chi connectivity index (χ3v) is 5.38. The molecule has 0 radical (unpaired) electrons. The van der Waals surface area contributed by atoms with Crippen molar-refractivity contribution in [2.45, 2.75) is 26.1 Å². The maximum Gasteiger partial charge on any atom is 0.405 e. The largest absolute Gasteiger partial charge is 0.405 e. The van der Waals surface area contributed by atoms with Gasteiger partial charge in [0.05, 0.1) is 23.3 Å². The maximum atomic E-state index is 12.3. The van der Waals surface area contributed by atoms with E-state index in [0.717, 1.165) is 40.3 Å². The highest BCUT2D eigenvalue weighted by atomic mass is 19.4. The van der Waals surface area contributed by atoms with E-state index in [1.165, 1.54) is 0 Å². The molecule has 0 aliphatic carbocycles. The Morgan fingerprint density at radius 3 is 2.75 bits per heavy atom. The van der Waals surface area contributed by atoms with Crippen LogP contribution in [0.1, 0.15) is 17.0 Å². The number of hydrogen-bond acceptors (Lipinski definition) is 5. The molecule has 0 aliphatic rings. The predicted molar refractivity (Wildman–Crippen MR) is 128 cm³/mol. The lowest BCUT2D eigenvalue weighted by molar-refractivity contribution is -0.122. The predicted octanol–water partition coefficient (Wildman–Crippen LogP) is 3.99. The summed E-state index contributed by atoms with van der Waals surface area (Å²) in [6.45, 7) is 1.56.